The van der Waals surface area contributed by atoms with Crippen molar-refractivity contribution in [2.24, 2.45) is 5.92 Å². The van der Waals surface area contributed by atoms with E-state index in [9.17, 15) is 0 Å². The van der Waals surface area contributed by atoms with E-state index in [1.165, 1.54) is 16.7 Å². The molecule has 0 spiro atoms. The highest BCUT2D eigenvalue weighted by atomic mass is 32.2. The number of rotatable bonds is 1. The molecule has 3 rings (SSSR count). The second-order valence-electron chi connectivity index (χ2n) is 4.64. The number of nitrogens with zero attached hydrogens (tertiary/aromatic N) is 1. The molecule has 3 heteroatoms. The Hall–Kier alpha value is -1.06. The van der Waals surface area contributed by atoms with Crippen LogP contribution in [0.15, 0.2) is 36.5 Å². The fraction of sp³-hybridized carbons (Fsp3) is 0.357. The van der Waals surface area contributed by atoms with Gasteiger partial charge in [-0.25, -0.2) is 0 Å². The number of thioether (sulfide) groups is 1. The van der Waals surface area contributed by atoms with Crippen molar-refractivity contribution in [1.82, 2.24) is 10.3 Å². The third-order valence-corrected chi connectivity index (χ3v) is 4.68. The first-order chi connectivity index (χ1) is 8.34. The van der Waals surface area contributed by atoms with Crippen LogP contribution in [-0.4, -0.2) is 17.3 Å². The Morgan fingerprint density at radius 2 is 2.18 bits per heavy atom. The topological polar surface area (TPSA) is 24.9 Å². The van der Waals surface area contributed by atoms with Gasteiger partial charge in [-0.05, 0) is 35.9 Å². The van der Waals surface area contributed by atoms with Crippen molar-refractivity contribution in [3.8, 4) is 0 Å². The highest BCUT2D eigenvalue weighted by Crippen LogP contribution is 2.34. The molecule has 0 radical (unpaired) electrons. The lowest BCUT2D eigenvalue weighted by Gasteiger charge is -2.28. The van der Waals surface area contributed by atoms with Gasteiger partial charge in [0.25, 0.3) is 0 Å². The summed E-state index contributed by atoms with van der Waals surface area (Å²) in [6.07, 6.45) is 1.91. The summed E-state index contributed by atoms with van der Waals surface area (Å²) in [6.45, 7) is 3.40. The monoisotopic (exact) mass is 244 g/mol. The van der Waals surface area contributed by atoms with Gasteiger partial charge in [-0.3, -0.25) is 4.98 Å². The van der Waals surface area contributed by atoms with Crippen LogP contribution in [0.4, 0.5) is 0 Å². The minimum atomic E-state index is 0.416. The van der Waals surface area contributed by atoms with E-state index < -0.39 is 0 Å². The molecule has 2 aromatic rings. The molecule has 2 heterocycles. The van der Waals surface area contributed by atoms with Gasteiger partial charge in [0.2, 0.25) is 0 Å². The van der Waals surface area contributed by atoms with Gasteiger partial charge in [0.15, 0.2) is 0 Å². The Kier molecular flexibility index (Phi) is 3.04. The Morgan fingerprint density at radius 1 is 1.29 bits per heavy atom. The summed E-state index contributed by atoms with van der Waals surface area (Å²) >= 11 is 2.00. The van der Waals surface area contributed by atoms with Crippen LogP contribution in [0.3, 0.4) is 0 Å². The molecular formula is C14H16N2S. The van der Waals surface area contributed by atoms with E-state index in [1.807, 2.05) is 24.0 Å². The third kappa shape index (κ3) is 2.17. The third-order valence-electron chi connectivity index (χ3n) is 3.16. The van der Waals surface area contributed by atoms with Gasteiger partial charge in [-0.2, -0.15) is 0 Å². The van der Waals surface area contributed by atoms with Crippen LogP contribution in [0.2, 0.25) is 0 Å². The first-order valence-corrected chi connectivity index (χ1v) is 7.08. The van der Waals surface area contributed by atoms with Crippen LogP contribution in [0.5, 0.6) is 0 Å². The maximum atomic E-state index is 4.41. The quantitative estimate of drug-likeness (QED) is 0.834. The molecule has 1 N–H and O–H groups in total. The van der Waals surface area contributed by atoms with E-state index in [-0.39, 0.29) is 0 Å². The van der Waals surface area contributed by atoms with Crippen LogP contribution >= 0.6 is 11.8 Å². The van der Waals surface area contributed by atoms with Gasteiger partial charge in [-0.15, -0.1) is 11.8 Å². The number of fused-ring (bicyclic) bond motifs is 1. The zero-order chi connectivity index (χ0) is 11.7. The molecule has 17 heavy (non-hydrogen) atoms. The van der Waals surface area contributed by atoms with Crippen LogP contribution < -0.4 is 5.32 Å². The summed E-state index contributed by atoms with van der Waals surface area (Å²) in [6, 6.07) is 10.5. The smallest absolute Gasteiger partial charge is 0.0796 e. The zero-order valence-corrected chi connectivity index (χ0v) is 10.7. The Morgan fingerprint density at radius 3 is 3.00 bits per heavy atom. The van der Waals surface area contributed by atoms with Gasteiger partial charge in [0.1, 0.15) is 0 Å². The minimum Gasteiger partial charge on any atom is -0.301 e. The molecule has 88 valence electrons. The molecule has 0 saturated carbocycles. The lowest BCUT2D eigenvalue weighted by molar-refractivity contribution is 0.531. The van der Waals surface area contributed by atoms with E-state index in [2.05, 4.69) is 41.5 Å². The summed E-state index contributed by atoms with van der Waals surface area (Å²) < 4.78 is 0. The lowest BCUT2D eigenvalue weighted by atomic mass is 10.1. The molecule has 1 aliphatic rings. The van der Waals surface area contributed by atoms with E-state index in [1.54, 1.807) is 0 Å². The summed E-state index contributed by atoms with van der Waals surface area (Å²) in [7, 11) is 0. The number of hydrogen-bond donors (Lipinski definition) is 1. The molecule has 2 unspecified atom stereocenters. The summed E-state index contributed by atoms with van der Waals surface area (Å²) in [5.41, 5.74) is 2.46. The Bertz CT molecular complexity index is 513. The van der Waals surface area contributed by atoms with Gasteiger partial charge in [0.05, 0.1) is 10.9 Å². The van der Waals surface area contributed by atoms with E-state index >= 15 is 0 Å². The van der Waals surface area contributed by atoms with Crippen LogP contribution in [0.1, 0.15) is 17.9 Å². The molecule has 1 fully saturated rings. The molecule has 2 nitrogen and oxygen atoms in total. The van der Waals surface area contributed by atoms with Crippen molar-refractivity contribution in [3.05, 3.63) is 42.1 Å². The Balaban J connectivity index is 2.00. The fourth-order valence-corrected chi connectivity index (χ4v) is 3.47. The second-order valence-corrected chi connectivity index (χ2v) is 5.78. The average molecular weight is 244 g/mol. The first-order valence-electron chi connectivity index (χ1n) is 6.03. The van der Waals surface area contributed by atoms with Gasteiger partial charge in [-0.1, -0.05) is 25.1 Å². The first kappa shape index (κ1) is 11.1. The second kappa shape index (κ2) is 4.67. The highest BCUT2D eigenvalue weighted by molar-refractivity contribution is 7.99. The molecule has 1 aromatic heterocycles. The minimum absolute atomic E-state index is 0.416. The lowest BCUT2D eigenvalue weighted by Crippen LogP contribution is -2.31. The predicted molar refractivity (Wildman–Crippen MR) is 74.1 cm³/mol. The van der Waals surface area contributed by atoms with Gasteiger partial charge in [0, 0.05) is 11.6 Å². The van der Waals surface area contributed by atoms with Crippen LogP contribution in [-0.2, 0) is 0 Å². The normalized spacial score (nSPS) is 25.0. The van der Waals surface area contributed by atoms with E-state index in [0.29, 0.717) is 5.37 Å². The molecule has 0 amide bonds. The highest BCUT2D eigenvalue weighted by Gasteiger charge is 2.20. The molecule has 0 bridgehead atoms. The summed E-state index contributed by atoms with van der Waals surface area (Å²) in [5.74, 6) is 2.00. The maximum absolute atomic E-state index is 4.41. The molecule has 1 saturated heterocycles. The number of para-hydroxylation sites is 1. The molecule has 1 aromatic carbocycles. The van der Waals surface area contributed by atoms with Gasteiger partial charge < -0.3 is 5.32 Å². The number of pyridine rings is 1. The fourth-order valence-electron chi connectivity index (χ4n) is 2.23. The van der Waals surface area contributed by atoms with E-state index in [0.717, 1.165) is 18.0 Å². The standard InChI is InChI=1S/C14H16N2S/c1-10-8-16-14(17-9-10)12-6-7-15-13-5-3-2-4-11(12)13/h2-7,10,14,16H,8-9H2,1H3. The van der Waals surface area contributed by atoms with Crippen molar-refractivity contribution in [3.63, 3.8) is 0 Å². The number of hydrogen-bond acceptors (Lipinski definition) is 3. The number of benzene rings is 1. The van der Waals surface area contributed by atoms with Crippen LogP contribution in [0.25, 0.3) is 10.9 Å². The molecule has 2 atom stereocenters. The van der Waals surface area contributed by atoms with Crippen molar-refractivity contribution >= 4 is 22.7 Å². The predicted octanol–water partition coefficient (Wildman–Crippen LogP) is 3.21. The number of nitrogens with one attached hydrogen (secondary N) is 1. The zero-order valence-electron chi connectivity index (χ0n) is 9.89. The van der Waals surface area contributed by atoms with Gasteiger partial charge >= 0.3 is 0 Å². The van der Waals surface area contributed by atoms with E-state index in [4.69, 9.17) is 0 Å². The van der Waals surface area contributed by atoms with Crippen molar-refractivity contribution in [2.45, 2.75) is 12.3 Å². The molecule has 1 aliphatic heterocycles. The summed E-state index contributed by atoms with van der Waals surface area (Å²) in [5, 5.41) is 5.30. The average Bonchev–Trinajstić information content (AvgIpc) is 2.39. The Labute approximate surface area is 106 Å². The molecular weight excluding hydrogens is 228 g/mol. The van der Waals surface area contributed by atoms with Crippen LogP contribution in [0, 0.1) is 5.92 Å². The SMILES string of the molecule is CC1CNC(c2ccnc3ccccc23)SC1. The van der Waals surface area contributed by atoms with Crippen molar-refractivity contribution in [1.29, 1.82) is 0 Å². The number of aromatic nitrogens is 1. The van der Waals surface area contributed by atoms with Crippen molar-refractivity contribution in [2.75, 3.05) is 12.3 Å². The van der Waals surface area contributed by atoms with Crippen molar-refractivity contribution < 1.29 is 0 Å². The molecule has 0 aliphatic carbocycles. The maximum Gasteiger partial charge on any atom is 0.0796 e. The largest absolute Gasteiger partial charge is 0.301 e. The summed E-state index contributed by atoms with van der Waals surface area (Å²) in [4.78, 5) is 4.41.